The Morgan fingerprint density at radius 3 is 2.32 bits per heavy atom. The van der Waals surface area contributed by atoms with Gasteiger partial charge in [0, 0.05) is 35.6 Å². The van der Waals surface area contributed by atoms with Gasteiger partial charge in [-0.25, -0.2) is 4.39 Å². The molecule has 28 heavy (non-hydrogen) atoms. The molecule has 0 spiro atoms. The third-order valence-electron chi connectivity index (χ3n) is 5.09. The fourth-order valence-electron chi connectivity index (χ4n) is 3.51. The molecule has 4 nitrogen and oxygen atoms in total. The van der Waals surface area contributed by atoms with Crippen LogP contribution in [0.4, 0.5) is 4.39 Å². The van der Waals surface area contributed by atoms with Crippen molar-refractivity contribution in [2.45, 2.75) is 32.2 Å². The van der Waals surface area contributed by atoms with Gasteiger partial charge in [-0.1, -0.05) is 23.7 Å². The predicted octanol–water partition coefficient (Wildman–Crippen LogP) is 4.08. The van der Waals surface area contributed by atoms with Crippen molar-refractivity contribution in [1.29, 1.82) is 0 Å². The lowest BCUT2D eigenvalue weighted by Crippen LogP contribution is -2.45. The van der Waals surface area contributed by atoms with Crippen molar-refractivity contribution < 1.29 is 14.0 Å². The van der Waals surface area contributed by atoms with Gasteiger partial charge in [-0.05, 0) is 68.1 Å². The molecule has 1 aliphatic heterocycles. The molecule has 0 unspecified atom stereocenters. The van der Waals surface area contributed by atoms with Crippen LogP contribution in [0.5, 0.6) is 0 Å². The number of hydrogen-bond acceptors (Lipinski definition) is 2. The lowest BCUT2D eigenvalue weighted by atomic mass is 9.94. The van der Waals surface area contributed by atoms with Gasteiger partial charge in [-0.2, -0.15) is 0 Å². The maximum absolute atomic E-state index is 13.0. The number of carbonyl (C=O) groups is 2. The minimum Gasteiger partial charge on any atom is -0.353 e. The molecule has 0 aliphatic carbocycles. The van der Waals surface area contributed by atoms with E-state index in [4.69, 9.17) is 11.6 Å². The van der Waals surface area contributed by atoms with Crippen molar-refractivity contribution >= 4 is 23.4 Å². The molecule has 3 rings (SSSR count). The molecule has 1 saturated heterocycles. The SMILES string of the molecule is C[C@H](Cc1ccc(Cl)cc1)NC(=O)C1CCN(C(=O)c2ccc(F)cc2)CC1. The fraction of sp³-hybridized carbons (Fsp3) is 0.364. The van der Waals surface area contributed by atoms with Crippen LogP contribution in [0, 0.1) is 11.7 Å². The van der Waals surface area contributed by atoms with Gasteiger partial charge in [0.15, 0.2) is 0 Å². The third-order valence-corrected chi connectivity index (χ3v) is 5.34. The molecular weight excluding hydrogens is 379 g/mol. The van der Waals surface area contributed by atoms with Crippen LogP contribution in [0.2, 0.25) is 5.02 Å². The minimum absolute atomic E-state index is 0.0209. The Bertz CT molecular complexity index is 815. The van der Waals surface area contributed by atoms with Crippen LogP contribution in [0.15, 0.2) is 48.5 Å². The van der Waals surface area contributed by atoms with Crippen LogP contribution in [0.3, 0.4) is 0 Å². The summed E-state index contributed by atoms with van der Waals surface area (Å²) in [4.78, 5) is 26.8. The summed E-state index contributed by atoms with van der Waals surface area (Å²) in [5.41, 5.74) is 1.60. The summed E-state index contributed by atoms with van der Waals surface area (Å²) in [6, 6.07) is 13.2. The highest BCUT2D eigenvalue weighted by Crippen LogP contribution is 2.20. The molecule has 0 aromatic heterocycles. The molecule has 2 amide bonds. The Morgan fingerprint density at radius 2 is 1.71 bits per heavy atom. The molecule has 2 aromatic carbocycles. The van der Waals surface area contributed by atoms with E-state index in [9.17, 15) is 14.0 Å². The number of rotatable bonds is 5. The Labute approximate surface area is 169 Å². The first-order chi connectivity index (χ1) is 13.4. The highest BCUT2D eigenvalue weighted by atomic mass is 35.5. The van der Waals surface area contributed by atoms with E-state index >= 15 is 0 Å². The summed E-state index contributed by atoms with van der Waals surface area (Å²) in [7, 11) is 0. The second kappa shape index (κ2) is 9.20. The molecule has 6 heteroatoms. The first kappa shape index (κ1) is 20.3. The van der Waals surface area contributed by atoms with Gasteiger partial charge in [0.1, 0.15) is 5.82 Å². The second-order valence-corrected chi connectivity index (χ2v) is 7.75. The number of benzene rings is 2. The highest BCUT2D eigenvalue weighted by molar-refractivity contribution is 6.30. The topological polar surface area (TPSA) is 49.4 Å². The molecule has 0 saturated carbocycles. The van der Waals surface area contributed by atoms with E-state index in [0.29, 0.717) is 36.5 Å². The number of halogens is 2. The molecule has 1 atom stereocenters. The average molecular weight is 403 g/mol. The number of piperidine rings is 1. The molecular formula is C22H24ClFN2O2. The quantitative estimate of drug-likeness (QED) is 0.819. The minimum atomic E-state index is -0.361. The lowest BCUT2D eigenvalue weighted by Gasteiger charge is -2.32. The van der Waals surface area contributed by atoms with Crippen LogP contribution in [0.1, 0.15) is 35.7 Å². The van der Waals surface area contributed by atoms with Gasteiger partial charge in [-0.3, -0.25) is 9.59 Å². The van der Waals surface area contributed by atoms with Crippen LogP contribution >= 0.6 is 11.6 Å². The first-order valence-electron chi connectivity index (χ1n) is 9.52. The van der Waals surface area contributed by atoms with E-state index in [1.54, 1.807) is 4.90 Å². The van der Waals surface area contributed by atoms with Crippen LogP contribution in [-0.2, 0) is 11.2 Å². The van der Waals surface area contributed by atoms with E-state index in [-0.39, 0.29) is 29.6 Å². The largest absolute Gasteiger partial charge is 0.353 e. The monoisotopic (exact) mass is 402 g/mol. The standard InChI is InChI=1S/C22H24ClFN2O2/c1-15(14-16-2-6-19(23)7-3-16)25-21(27)17-10-12-26(13-11-17)22(28)18-4-8-20(24)9-5-18/h2-9,15,17H,10-14H2,1H3,(H,25,27)/t15-/m1/s1. The smallest absolute Gasteiger partial charge is 0.253 e. The highest BCUT2D eigenvalue weighted by Gasteiger charge is 2.28. The molecule has 1 N–H and O–H groups in total. The Hall–Kier alpha value is -2.40. The zero-order valence-electron chi connectivity index (χ0n) is 15.8. The van der Waals surface area contributed by atoms with Gasteiger partial charge in [0.2, 0.25) is 5.91 Å². The fourth-order valence-corrected chi connectivity index (χ4v) is 3.63. The molecule has 0 radical (unpaired) electrons. The summed E-state index contributed by atoms with van der Waals surface area (Å²) in [6.07, 6.45) is 2.00. The van der Waals surface area contributed by atoms with E-state index in [1.807, 2.05) is 31.2 Å². The molecule has 1 aliphatic rings. The summed E-state index contributed by atoms with van der Waals surface area (Å²) in [5.74, 6) is -0.533. The van der Waals surface area contributed by atoms with Gasteiger partial charge in [0.25, 0.3) is 5.91 Å². The number of nitrogens with zero attached hydrogens (tertiary/aromatic N) is 1. The van der Waals surface area contributed by atoms with E-state index in [2.05, 4.69) is 5.32 Å². The van der Waals surface area contributed by atoms with E-state index in [1.165, 1.54) is 24.3 Å². The Balaban J connectivity index is 1.47. The van der Waals surface area contributed by atoms with Gasteiger partial charge >= 0.3 is 0 Å². The summed E-state index contributed by atoms with van der Waals surface area (Å²) in [5, 5.41) is 3.77. The van der Waals surface area contributed by atoms with Crippen LogP contribution in [0.25, 0.3) is 0 Å². The zero-order valence-corrected chi connectivity index (χ0v) is 16.6. The molecule has 1 heterocycles. The molecule has 148 valence electrons. The third kappa shape index (κ3) is 5.32. The van der Waals surface area contributed by atoms with Gasteiger partial charge in [-0.15, -0.1) is 0 Å². The van der Waals surface area contributed by atoms with E-state index < -0.39 is 0 Å². The van der Waals surface area contributed by atoms with Crippen molar-refractivity contribution in [3.8, 4) is 0 Å². The van der Waals surface area contributed by atoms with Crippen molar-refractivity contribution in [2.75, 3.05) is 13.1 Å². The Morgan fingerprint density at radius 1 is 1.11 bits per heavy atom. The number of likely N-dealkylation sites (tertiary alicyclic amines) is 1. The van der Waals surface area contributed by atoms with Gasteiger partial charge in [0.05, 0.1) is 0 Å². The maximum atomic E-state index is 13.0. The lowest BCUT2D eigenvalue weighted by molar-refractivity contribution is -0.126. The van der Waals surface area contributed by atoms with Crippen LogP contribution in [-0.4, -0.2) is 35.8 Å². The maximum Gasteiger partial charge on any atom is 0.253 e. The predicted molar refractivity (Wildman–Crippen MR) is 108 cm³/mol. The molecule has 1 fully saturated rings. The van der Waals surface area contributed by atoms with Gasteiger partial charge < -0.3 is 10.2 Å². The van der Waals surface area contributed by atoms with Crippen molar-refractivity contribution in [2.24, 2.45) is 5.92 Å². The van der Waals surface area contributed by atoms with E-state index in [0.717, 1.165) is 12.0 Å². The van der Waals surface area contributed by atoms with Crippen molar-refractivity contribution in [1.82, 2.24) is 10.2 Å². The molecule has 2 aromatic rings. The number of nitrogens with one attached hydrogen (secondary N) is 1. The number of hydrogen-bond donors (Lipinski definition) is 1. The first-order valence-corrected chi connectivity index (χ1v) is 9.90. The molecule has 0 bridgehead atoms. The second-order valence-electron chi connectivity index (χ2n) is 7.31. The summed E-state index contributed by atoms with van der Waals surface area (Å²) in [6.45, 7) is 3.04. The Kier molecular flexibility index (Phi) is 6.68. The summed E-state index contributed by atoms with van der Waals surface area (Å²) >= 11 is 5.90. The van der Waals surface area contributed by atoms with Crippen LogP contribution < -0.4 is 5.32 Å². The van der Waals surface area contributed by atoms with Crippen molar-refractivity contribution in [3.05, 3.63) is 70.5 Å². The zero-order chi connectivity index (χ0) is 20.1. The average Bonchev–Trinajstić information content (AvgIpc) is 2.70. The normalized spacial score (nSPS) is 15.9. The number of carbonyl (C=O) groups excluding carboxylic acids is 2. The summed E-state index contributed by atoms with van der Waals surface area (Å²) < 4.78 is 13.0. The van der Waals surface area contributed by atoms with Crippen molar-refractivity contribution in [3.63, 3.8) is 0 Å². The number of amides is 2.